The number of aromatic nitrogens is 2. The number of pyridine rings is 2. The minimum atomic E-state index is 0.567. The third-order valence-electron chi connectivity index (χ3n) is 2.34. The van der Waals surface area contributed by atoms with Crippen LogP contribution in [0.4, 0.5) is 5.82 Å². The molecular weight excluding hydrogens is 186 g/mol. The fourth-order valence-corrected chi connectivity index (χ4v) is 1.49. The van der Waals surface area contributed by atoms with Gasteiger partial charge < -0.3 is 5.73 Å². The van der Waals surface area contributed by atoms with E-state index in [-0.39, 0.29) is 0 Å². The molecule has 0 spiro atoms. The van der Waals surface area contributed by atoms with E-state index in [1.165, 1.54) is 5.56 Å². The number of anilines is 1. The van der Waals surface area contributed by atoms with Gasteiger partial charge in [0.2, 0.25) is 0 Å². The van der Waals surface area contributed by atoms with Crippen LogP contribution in [0.3, 0.4) is 0 Å². The predicted molar refractivity (Wildman–Crippen MR) is 60.4 cm³/mol. The first kappa shape index (κ1) is 9.65. The van der Waals surface area contributed by atoms with E-state index in [9.17, 15) is 0 Å². The lowest BCUT2D eigenvalue weighted by atomic mass is 10.1. The first-order valence-corrected chi connectivity index (χ1v) is 4.86. The molecule has 2 heterocycles. The molecule has 0 saturated heterocycles. The lowest BCUT2D eigenvalue weighted by Gasteiger charge is -2.05. The van der Waals surface area contributed by atoms with Crippen molar-refractivity contribution in [2.75, 3.05) is 5.73 Å². The van der Waals surface area contributed by atoms with Crippen molar-refractivity contribution in [1.82, 2.24) is 9.97 Å². The number of hydrogen-bond donors (Lipinski definition) is 1. The van der Waals surface area contributed by atoms with Gasteiger partial charge in [-0.15, -0.1) is 0 Å². The molecule has 15 heavy (non-hydrogen) atoms. The van der Waals surface area contributed by atoms with E-state index in [0.717, 1.165) is 17.7 Å². The van der Waals surface area contributed by atoms with Crippen LogP contribution in [-0.2, 0) is 6.42 Å². The Morgan fingerprint density at radius 1 is 1.27 bits per heavy atom. The second-order valence-electron chi connectivity index (χ2n) is 3.53. The van der Waals surface area contributed by atoms with Gasteiger partial charge in [-0.3, -0.25) is 4.98 Å². The highest BCUT2D eigenvalue weighted by molar-refractivity contribution is 5.37. The summed E-state index contributed by atoms with van der Waals surface area (Å²) < 4.78 is 0. The molecule has 3 heteroatoms. The average Bonchev–Trinajstić information content (AvgIpc) is 2.24. The third-order valence-corrected chi connectivity index (χ3v) is 2.34. The molecule has 0 aromatic carbocycles. The molecule has 0 aliphatic heterocycles. The van der Waals surface area contributed by atoms with E-state index in [1.807, 2.05) is 37.4 Å². The molecule has 0 aliphatic rings. The first-order chi connectivity index (χ1) is 7.25. The van der Waals surface area contributed by atoms with E-state index in [1.54, 1.807) is 6.20 Å². The Hall–Kier alpha value is -1.90. The number of nitrogen functional groups attached to an aromatic ring is 1. The second-order valence-corrected chi connectivity index (χ2v) is 3.53. The largest absolute Gasteiger partial charge is 0.384 e. The minimum Gasteiger partial charge on any atom is -0.384 e. The van der Waals surface area contributed by atoms with Crippen LogP contribution in [0.5, 0.6) is 0 Å². The van der Waals surface area contributed by atoms with Gasteiger partial charge in [0, 0.05) is 24.5 Å². The maximum atomic E-state index is 5.59. The molecule has 0 unspecified atom stereocenters. The summed E-state index contributed by atoms with van der Waals surface area (Å²) in [5.74, 6) is 0.567. The highest BCUT2D eigenvalue weighted by atomic mass is 14.8. The Labute approximate surface area is 89.0 Å². The molecule has 0 amide bonds. The van der Waals surface area contributed by atoms with Crippen LogP contribution in [0.15, 0.2) is 36.7 Å². The zero-order valence-electron chi connectivity index (χ0n) is 8.64. The molecule has 0 radical (unpaired) electrons. The van der Waals surface area contributed by atoms with Crippen molar-refractivity contribution in [3.63, 3.8) is 0 Å². The minimum absolute atomic E-state index is 0.567. The molecule has 2 rings (SSSR count). The summed E-state index contributed by atoms with van der Waals surface area (Å²) in [6, 6.07) is 7.80. The van der Waals surface area contributed by atoms with Crippen LogP contribution in [0.25, 0.3) is 0 Å². The summed E-state index contributed by atoms with van der Waals surface area (Å²) in [5.41, 5.74) is 8.97. The molecule has 0 aliphatic carbocycles. The quantitative estimate of drug-likeness (QED) is 0.804. The standard InChI is InChI=1S/C12H13N3/c1-9-6-12(13)15-8-10(9)7-11-4-2-3-5-14-11/h2-6,8H,7H2,1H3,(H2,13,15). The lowest BCUT2D eigenvalue weighted by Crippen LogP contribution is -1.98. The molecule has 2 aromatic rings. The fourth-order valence-electron chi connectivity index (χ4n) is 1.49. The van der Waals surface area contributed by atoms with Crippen LogP contribution in [0.1, 0.15) is 16.8 Å². The van der Waals surface area contributed by atoms with Crippen LogP contribution in [0.2, 0.25) is 0 Å². The van der Waals surface area contributed by atoms with Crippen molar-refractivity contribution in [2.45, 2.75) is 13.3 Å². The van der Waals surface area contributed by atoms with Gasteiger partial charge in [-0.2, -0.15) is 0 Å². The third kappa shape index (κ3) is 2.31. The molecular formula is C12H13N3. The molecule has 2 N–H and O–H groups in total. The van der Waals surface area contributed by atoms with Gasteiger partial charge in [0.05, 0.1) is 0 Å². The summed E-state index contributed by atoms with van der Waals surface area (Å²) in [6.07, 6.45) is 4.43. The zero-order chi connectivity index (χ0) is 10.7. The zero-order valence-corrected chi connectivity index (χ0v) is 8.64. The van der Waals surface area contributed by atoms with E-state index in [4.69, 9.17) is 5.73 Å². The Kier molecular flexibility index (Phi) is 2.63. The number of hydrogen-bond acceptors (Lipinski definition) is 3. The Bertz CT molecular complexity index is 452. The summed E-state index contributed by atoms with van der Waals surface area (Å²) in [4.78, 5) is 8.36. The molecule has 0 saturated carbocycles. The van der Waals surface area contributed by atoms with Crippen LogP contribution in [0, 0.1) is 6.92 Å². The summed E-state index contributed by atoms with van der Waals surface area (Å²) in [7, 11) is 0. The number of aryl methyl sites for hydroxylation is 1. The maximum absolute atomic E-state index is 5.59. The lowest BCUT2D eigenvalue weighted by molar-refractivity contribution is 1.04. The highest BCUT2D eigenvalue weighted by Crippen LogP contribution is 2.13. The predicted octanol–water partition coefficient (Wildman–Crippen LogP) is 1.96. The Morgan fingerprint density at radius 3 is 2.80 bits per heavy atom. The number of rotatable bonds is 2. The smallest absolute Gasteiger partial charge is 0.123 e. The van der Waals surface area contributed by atoms with Gasteiger partial charge in [-0.25, -0.2) is 4.98 Å². The molecule has 0 bridgehead atoms. The van der Waals surface area contributed by atoms with Gasteiger partial charge >= 0.3 is 0 Å². The molecule has 3 nitrogen and oxygen atoms in total. The first-order valence-electron chi connectivity index (χ1n) is 4.86. The van der Waals surface area contributed by atoms with Gasteiger partial charge in [0.25, 0.3) is 0 Å². The van der Waals surface area contributed by atoms with Crippen LogP contribution >= 0.6 is 0 Å². The normalized spacial score (nSPS) is 10.2. The molecule has 76 valence electrons. The maximum Gasteiger partial charge on any atom is 0.123 e. The summed E-state index contributed by atoms with van der Waals surface area (Å²) >= 11 is 0. The van der Waals surface area contributed by atoms with Gasteiger partial charge in [0.15, 0.2) is 0 Å². The Morgan fingerprint density at radius 2 is 2.13 bits per heavy atom. The summed E-state index contributed by atoms with van der Waals surface area (Å²) in [5, 5.41) is 0. The van der Waals surface area contributed by atoms with Crippen LogP contribution in [-0.4, -0.2) is 9.97 Å². The average molecular weight is 199 g/mol. The van der Waals surface area contributed by atoms with E-state index < -0.39 is 0 Å². The number of nitrogens with zero attached hydrogens (tertiary/aromatic N) is 2. The monoisotopic (exact) mass is 199 g/mol. The van der Waals surface area contributed by atoms with Crippen molar-refractivity contribution in [3.8, 4) is 0 Å². The van der Waals surface area contributed by atoms with Crippen molar-refractivity contribution in [3.05, 3.63) is 53.5 Å². The molecule has 2 aromatic heterocycles. The highest BCUT2D eigenvalue weighted by Gasteiger charge is 2.01. The van der Waals surface area contributed by atoms with Crippen molar-refractivity contribution in [1.29, 1.82) is 0 Å². The molecule has 0 atom stereocenters. The van der Waals surface area contributed by atoms with Crippen molar-refractivity contribution >= 4 is 5.82 Å². The second kappa shape index (κ2) is 4.09. The van der Waals surface area contributed by atoms with E-state index in [2.05, 4.69) is 9.97 Å². The Balaban J connectivity index is 2.25. The van der Waals surface area contributed by atoms with E-state index in [0.29, 0.717) is 5.82 Å². The van der Waals surface area contributed by atoms with Crippen molar-refractivity contribution in [2.24, 2.45) is 0 Å². The topological polar surface area (TPSA) is 51.8 Å². The van der Waals surface area contributed by atoms with Crippen LogP contribution < -0.4 is 5.73 Å². The van der Waals surface area contributed by atoms with Crippen molar-refractivity contribution < 1.29 is 0 Å². The van der Waals surface area contributed by atoms with Gasteiger partial charge in [-0.05, 0) is 36.2 Å². The summed E-state index contributed by atoms with van der Waals surface area (Å²) in [6.45, 7) is 2.04. The van der Waals surface area contributed by atoms with Gasteiger partial charge in [-0.1, -0.05) is 6.07 Å². The SMILES string of the molecule is Cc1cc(N)ncc1Cc1ccccn1. The van der Waals surface area contributed by atoms with Gasteiger partial charge in [0.1, 0.15) is 5.82 Å². The number of nitrogens with two attached hydrogens (primary N) is 1. The van der Waals surface area contributed by atoms with E-state index >= 15 is 0 Å². The molecule has 0 fully saturated rings. The fraction of sp³-hybridized carbons (Fsp3) is 0.167.